The normalized spacial score (nSPS) is 16.1. The van der Waals surface area contributed by atoms with Crippen LogP contribution in [0.5, 0.6) is 0 Å². The molecule has 6 heteroatoms. The second-order valence-corrected chi connectivity index (χ2v) is 9.12. The molecule has 0 aliphatic carbocycles. The maximum Gasteiger partial charge on any atom is 0.155 e. The van der Waals surface area contributed by atoms with Crippen molar-refractivity contribution >= 4 is 11.5 Å². The van der Waals surface area contributed by atoms with Crippen LogP contribution in [0.2, 0.25) is 0 Å². The lowest BCUT2D eigenvalue weighted by molar-refractivity contribution is 0.351. The van der Waals surface area contributed by atoms with E-state index in [0.717, 1.165) is 53.6 Å². The van der Waals surface area contributed by atoms with E-state index in [2.05, 4.69) is 73.2 Å². The van der Waals surface area contributed by atoms with Crippen molar-refractivity contribution in [3.05, 3.63) is 66.0 Å². The van der Waals surface area contributed by atoms with E-state index in [-0.39, 0.29) is 5.54 Å². The van der Waals surface area contributed by atoms with Crippen LogP contribution in [0.15, 0.2) is 54.9 Å². The Balaban J connectivity index is 1.71. The van der Waals surface area contributed by atoms with E-state index in [9.17, 15) is 0 Å². The summed E-state index contributed by atoms with van der Waals surface area (Å²) in [5.41, 5.74) is 7.47. The summed E-state index contributed by atoms with van der Waals surface area (Å²) < 4.78 is 1.99. The molecule has 1 aromatic carbocycles. The van der Waals surface area contributed by atoms with E-state index in [0.29, 0.717) is 0 Å². The van der Waals surface area contributed by atoms with E-state index >= 15 is 0 Å². The molecule has 1 fully saturated rings. The Kier molecular flexibility index (Phi) is 4.74. The zero-order chi connectivity index (χ0) is 21.6. The van der Waals surface area contributed by atoms with Gasteiger partial charge in [-0.25, -0.2) is 9.50 Å². The van der Waals surface area contributed by atoms with Gasteiger partial charge in [0.1, 0.15) is 11.5 Å². The first-order valence-electron chi connectivity index (χ1n) is 10.8. The summed E-state index contributed by atoms with van der Waals surface area (Å²) >= 11 is 0. The number of hydrogen-bond donors (Lipinski definition) is 1. The molecule has 1 saturated heterocycles. The number of pyridine rings is 1. The lowest BCUT2D eigenvalue weighted by Gasteiger charge is -2.39. The van der Waals surface area contributed by atoms with Crippen LogP contribution in [-0.2, 0) is 0 Å². The predicted octanol–water partition coefficient (Wildman–Crippen LogP) is 4.26. The second kappa shape index (κ2) is 7.46. The molecule has 0 amide bonds. The summed E-state index contributed by atoms with van der Waals surface area (Å²) in [7, 11) is 0. The zero-order valence-electron chi connectivity index (χ0n) is 18.6. The summed E-state index contributed by atoms with van der Waals surface area (Å²) in [5, 5.41) is 8.64. The van der Waals surface area contributed by atoms with Crippen molar-refractivity contribution in [3.8, 4) is 22.5 Å². The molecule has 0 saturated carbocycles. The standard InChI is InChI=1S/C25H28N6/c1-17-13-18(2)15-20(14-17)23-24(19-7-9-26-10-8-19)31-21(28-23)5-6-22(29-31)30-12-11-27-25(3,4)16-30/h5-10,13-15,27H,11-12,16H2,1-4H3. The lowest BCUT2D eigenvalue weighted by Crippen LogP contribution is -2.57. The molecule has 0 atom stereocenters. The highest BCUT2D eigenvalue weighted by atomic mass is 15.4. The molecular weight excluding hydrogens is 384 g/mol. The molecule has 1 aliphatic heterocycles. The molecular formula is C25H28N6. The van der Waals surface area contributed by atoms with Gasteiger partial charge in [-0.15, -0.1) is 5.10 Å². The Hall–Kier alpha value is -3.25. The number of hydrogen-bond acceptors (Lipinski definition) is 5. The summed E-state index contributed by atoms with van der Waals surface area (Å²) in [5.74, 6) is 0.974. The van der Waals surface area contributed by atoms with Crippen molar-refractivity contribution in [2.24, 2.45) is 0 Å². The third-order valence-corrected chi connectivity index (χ3v) is 5.81. The number of aromatic nitrogens is 4. The molecule has 4 aromatic rings. The first kappa shape index (κ1) is 19.7. The third kappa shape index (κ3) is 3.79. The topological polar surface area (TPSA) is 58.4 Å². The van der Waals surface area contributed by atoms with Crippen LogP contribution < -0.4 is 10.2 Å². The van der Waals surface area contributed by atoms with Gasteiger partial charge in [-0.2, -0.15) is 0 Å². The number of anilines is 1. The Labute approximate surface area is 183 Å². The van der Waals surface area contributed by atoms with Crippen molar-refractivity contribution in [2.75, 3.05) is 24.5 Å². The van der Waals surface area contributed by atoms with Gasteiger partial charge in [0, 0.05) is 48.7 Å². The number of fused-ring (bicyclic) bond motifs is 1. The van der Waals surface area contributed by atoms with Crippen LogP contribution in [0.25, 0.3) is 28.2 Å². The number of nitrogens with zero attached hydrogens (tertiary/aromatic N) is 5. The number of aryl methyl sites for hydroxylation is 2. The highest BCUT2D eigenvalue weighted by molar-refractivity contribution is 5.82. The van der Waals surface area contributed by atoms with Gasteiger partial charge in [0.25, 0.3) is 0 Å². The second-order valence-electron chi connectivity index (χ2n) is 9.12. The van der Waals surface area contributed by atoms with Crippen LogP contribution in [-0.4, -0.2) is 44.8 Å². The average Bonchev–Trinajstić information content (AvgIpc) is 3.12. The van der Waals surface area contributed by atoms with Crippen LogP contribution in [0, 0.1) is 13.8 Å². The molecule has 1 aliphatic rings. The Morgan fingerprint density at radius 2 is 1.68 bits per heavy atom. The fourth-order valence-electron chi connectivity index (χ4n) is 4.51. The average molecular weight is 413 g/mol. The maximum atomic E-state index is 5.06. The molecule has 0 spiro atoms. The zero-order valence-corrected chi connectivity index (χ0v) is 18.6. The molecule has 0 unspecified atom stereocenters. The van der Waals surface area contributed by atoms with Gasteiger partial charge in [0.05, 0.1) is 5.69 Å². The largest absolute Gasteiger partial charge is 0.352 e. The van der Waals surface area contributed by atoms with Crippen LogP contribution >= 0.6 is 0 Å². The highest BCUT2D eigenvalue weighted by Crippen LogP contribution is 2.33. The Morgan fingerprint density at radius 1 is 0.935 bits per heavy atom. The van der Waals surface area contributed by atoms with Crippen molar-refractivity contribution < 1.29 is 0 Å². The molecule has 5 rings (SSSR count). The fourth-order valence-corrected chi connectivity index (χ4v) is 4.51. The van der Waals surface area contributed by atoms with Crippen LogP contribution in [0.1, 0.15) is 25.0 Å². The molecule has 31 heavy (non-hydrogen) atoms. The molecule has 4 heterocycles. The Morgan fingerprint density at radius 3 is 2.39 bits per heavy atom. The van der Waals surface area contributed by atoms with Gasteiger partial charge in [-0.1, -0.05) is 17.2 Å². The minimum absolute atomic E-state index is 0.0575. The van der Waals surface area contributed by atoms with Crippen LogP contribution in [0.4, 0.5) is 5.82 Å². The number of rotatable bonds is 3. The number of nitrogens with one attached hydrogen (secondary N) is 1. The van der Waals surface area contributed by atoms with Crippen molar-refractivity contribution in [3.63, 3.8) is 0 Å². The van der Waals surface area contributed by atoms with Gasteiger partial charge in [-0.05, 0) is 64.1 Å². The van der Waals surface area contributed by atoms with E-state index in [1.54, 1.807) is 0 Å². The molecule has 1 N–H and O–H groups in total. The Bertz CT molecular complexity index is 1220. The highest BCUT2D eigenvalue weighted by Gasteiger charge is 2.27. The first-order chi connectivity index (χ1) is 14.9. The van der Waals surface area contributed by atoms with E-state index in [1.165, 1.54) is 11.1 Å². The maximum absolute atomic E-state index is 5.06. The molecule has 0 radical (unpaired) electrons. The number of imidazole rings is 1. The van der Waals surface area contributed by atoms with Gasteiger partial charge >= 0.3 is 0 Å². The van der Waals surface area contributed by atoms with E-state index in [1.807, 2.05) is 29.0 Å². The van der Waals surface area contributed by atoms with Gasteiger partial charge in [-0.3, -0.25) is 4.98 Å². The summed E-state index contributed by atoms with van der Waals surface area (Å²) in [4.78, 5) is 11.6. The number of benzene rings is 1. The molecule has 0 bridgehead atoms. The van der Waals surface area contributed by atoms with E-state index in [4.69, 9.17) is 10.1 Å². The van der Waals surface area contributed by atoms with E-state index < -0.39 is 0 Å². The predicted molar refractivity (Wildman–Crippen MR) is 125 cm³/mol. The van der Waals surface area contributed by atoms with Crippen molar-refractivity contribution in [1.82, 2.24) is 24.9 Å². The summed E-state index contributed by atoms with van der Waals surface area (Å²) in [6.45, 7) is 11.5. The lowest BCUT2D eigenvalue weighted by atomic mass is 10.0. The minimum Gasteiger partial charge on any atom is -0.352 e. The molecule has 6 nitrogen and oxygen atoms in total. The molecule has 3 aromatic heterocycles. The summed E-state index contributed by atoms with van der Waals surface area (Å²) in [6, 6.07) is 14.8. The SMILES string of the molecule is Cc1cc(C)cc(-c2nc3ccc(N4CCNC(C)(C)C4)nn3c2-c2ccncc2)c1. The van der Waals surface area contributed by atoms with Crippen molar-refractivity contribution in [1.29, 1.82) is 0 Å². The monoisotopic (exact) mass is 412 g/mol. The van der Waals surface area contributed by atoms with Gasteiger partial charge in [0.15, 0.2) is 5.65 Å². The minimum atomic E-state index is 0.0575. The van der Waals surface area contributed by atoms with Gasteiger partial charge in [0.2, 0.25) is 0 Å². The third-order valence-electron chi connectivity index (χ3n) is 5.81. The smallest absolute Gasteiger partial charge is 0.155 e. The van der Waals surface area contributed by atoms with Gasteiger partial charge < -0.3 is 10.2 Å². The van der Waals surface area contributed by atoms with Crippen molar-refractivity contribution in [2.45, 2.75) is 33.2 Å². The first-order valence-corrected chi connectivity index (χ1v) is 10.8. The fraction of sp³-hybridized carbons (Fsp3) is 0.320. The molecule has 158 valence electrons. The van der Waals surface area contributed by atoms with Crippen LogP contribution in [0.3, 0.4) is 0 Å². The quantitative estimate of drug-likeness (QED) is 0.545. The number of piperazine rings is 1. The summed E-state index contributed by atoms with van der Waals surface area (Å²) in [6.07, 6.45) is 3.64.